The molecule has 3 N–H and O–H groups in total. The van der Waals surface area contributed by atoms with Crippen LogP contribution in [0.5, 0.6) is 0 Å². The minimum absolute atomic E-state index is 0.202. The van der Waals surface area contributed by atoms with E-state index in [1.165, 1.54) is 47.5 Å². The maximum atomic E-state index is 11.6. The SMILES string of the molecule is Cc1sc(C(=O)NN)cc1CN1CCOC2CCCCC21. The summed E-state index contributed by atoms with van der Waals surface area (Å²) in [6.45, 7) is 4.78. The van der Waals surface area contributed by atoms with Crippen molar-refractivity contribution in [2.45, 2.75) is 51.3 Å². The fraction of sp³-hybridized carbons (Fsp3) is 0.667. The molecular weight excluding hydrogens is 286 g/mol. The topological polar surface area (TPSA) is 67.6 Å². The summed E-state index contributed by atoms with van der Waals surface area (Å²) in [5.74, 6) is 5.01. The molecule has 6 heteroatoms. The normalized spacial score (nSPS) is 26.4. The Bertz CT molecular complexity index is 515. The number of nitrogen functional groups attached to an aromatic ring is 1. The van der Waals surface area contributed by atoms with Gasteiger partial charge in [-0.15, -0.1) is 11.3 Å². The number of nitrogens with two attached hydrogens (primary N) is 1. The van der Waals surface area contributed by atoms with Gasteiger partial charge in [-0.05, 0) is 31.4 Å². The second-order valence-electron chi connectivity index (χ2n) is 5.90. The number of hydrogen-bond acceptors (Lipinski definition) is 5. The number of ether oxygens (including phenoxy) is 1. The van der Waals surface area contributed by atoms with Crippen LogP contribution >= 0.6 is 11.3 Å². The summed E-state index contributed by atoms with van der Waals surface area (Å²) in [6, 6.07) is 2.52. The Kier molecular flexibility index (Phi) is 4.59. The average molecular weight is 309 g/mol. The molecule has 2 heterocycles. The molecule has 5 nitrogen and oxygen atoms in total. The van der Waals surface area contributed by atoms with E-state index in [1.54, 1.807) is 0 Å². The first-order chi connectivity index (χ1) is 10.2. The third-order valence-electron chi connectivity index (χ3n) is 4.60. The summed E-state index contributed by atoms with van der Waals surface area (Å²) in [6.07, 6.45) is 5.39. The molecule has 0 aromatic carbocycles. The molecule has 1 aromatic heterocycles. The number of hydrazine groups is 1. The summed E-state index contributed by atoms with van der Waals surface area (Å²) >= 11 is 1.52. The first-order valence-electron chi connectivity index (χ1n) is 7.65. The Balaban J connectivity index is 1.73. The zero-order valence-electron chi connectivity index (χ0n) is 12.4. The van der Waals surface area contributed by atoms with Gasteiger partial charge in [-0.2, -0.15) is 0 Å². The number of amides is 1. The molecule has 2 aliphatic rings. The molecule has 2 unspecified atom stereocenters. The van der Waals surface area contributed by atoms with Crippen LogP contribution in [0.15, 0.2) is 6.07 Å². The predicted octanol–water partition coefficient (Wildman–Crippen LogP) is 1.80. The van der Waals surface area contributed by atoms with Gasteiger partial charge in [0.25, 0.3) is 5.91 Å². The number of carbonyl (C=O) groups excluding carboxylic acids is 1. The second kappa shape index (κ2) is 6.44. The summed E-state index contributed by atoms with van der Waals surface area (Å²) < 4.78 is 5.92. The Hall–Kier alpha value is -0.950. The lowest BCUT2D eigenvalue weighted by Gasteiger charge is -2.43. The molecule has 2 atom stereocenters. The molecule has 3 rings (SSSR count). The Morgan fingerprint density at radius 1 is 1.52 bits per heavy atom. The number of rotatable bonds is 3. The first kappa shape index (κ1) is 15.0. The minimum Gasteiger partial charge on any atom is -0.375 e. The third-order valence-corrected chi connectivity index (χ3v) is 5.69. The van der Waals surface area contributed by atoms with Gasteiger partial charge in [-0.25, -0.2) is 5.84 Å². The van der Waals surface area contributed by atoms with E-state index in [0.29, 0.717) is 17.0 Å². The van der Waals surface area contributed by atoms with Gasteiger partial charge < -0.3 is 4.74 Å². The van der Waals surface area contributed by atoms with E-state index in [0.717, 1.165) is 19.7 Å². The zero-order chi connectivity index (χ0) is 14.8. The lowest BCUT2D eigenvalue weighted by Crippen LogP contribution is -2.52. The lowest BCUT2D eigenvalue weighted by atomic mass is 9.90. The van der Waals surface area contributed by atoms with Crippen molar-refractivity contribution in [3.05, 3.63) is 21.4 Å². The van der Waals surface area contributed by atoms with Crippen molar-refractivity contribution in [2.24, 2.45) is 5.84 Å². The molecule has 0 spiro atoms. The molecule has 1 aliphatic heterocycles. The highest BCUT2D eigenvalue weighted by molar-refractivity contribution is 7.14. The van der Waals surface area contributed by atoms with E-state index >= 15 is 0 Å². The molecule has 0 bridgehead atoms. The van der Waals surface area contributed by atoms with Crippen LogP contribution in [0.4, 0.5) is 0 Å². The van der Waals surface area contributed by atoms with Crippen molar-refractivity contribution >= 4 is 17.2 Å². The van der Waals surface area contributed by atoms with Crippen LogP contribution < -0.4 is 11.3 Å². The number of carbonyl (C=O) groups is 1. The number of hydrogen-bond donors (Lipinski definition) is 2. The maximum Gasteiger partial charge on any atom is 0.275 e. The number of aryl methyl sites for hydroxylation is 1. The number of fused-ring (bicyclic) bond motifs is 1. The van der Waals surface area contributed by atoms with Gasteiger partial charge in [-0.1, -0.05) is 12.8 Å². The number of morpholine rings is 1. The highest BCUT2D eigenvalue weighted by Crippen LogP contribution is 2.31. The lowest BCUT2D eigenvalue weighted by molar-refractivity contribution is -0.0911. The van der Waals surface area contributed by atoms with Crippen LogP contribution in [0.1, 0.15) is 45.8 Å². The van der Waals surface area contributed by atoms with Crippen LogP contribution in [0.3, 0.4) is 0 Å². The van der Waals surface area contributed by atoms with Gasteiger partial charge in [0.15, 0.2) is 0 Å². The zero-order valence-corrected chi connectivity index (χ0v) is 13.2. The predicted molar refractivity (Wildman–Crippen MR) is 83.1 cm³/mol. The van der Waals surface area contributed by atoms with Gasteiger partial charge in [0, 0.05) is 24.0 Å². The third kappa shape index (κ3) is 3.13. The average Bonchev–Trinajstić information content (AvgIpc) is 2.88. The van der Waals surface area contributed by atoms with Crippen molar-refractivity contribution in [2.75, 3.05) is 13.2 Å². The van der Waals surface area contributed by atoms with Gasteiger partial charge >= 0.3 is 0 Å². The molecule has 2 fully saturated rings. The molecule has 1 saturated carbocycles. The summed E-state index contributed by atoms with van der Waals surface area (Å²) in [7, 11) is 0. The summed E-state index contributed by atoms with van der Waals surface area (Å²) in [4.78, 5) is 16.1. The highest BCUT2D eigenvalue weighted by Gasteiger charge is 2.34. The molecule has 1 amide bonds. The van der Waals surface area contributed by atoms with Crippen molar-refractivity contribution in [3.8, 4) is 0 Å². The Morgan fingerprint density at radius 2 is 2.33 bits per heavy atom. The Labute approximate surface area is 129 Å². The van der Waals surface area contributed by atoms with Gasteiger partial charge in [0.1, 0.15) is 0 Å². The number of nitrogens with one attached hydrogen (secondary N) is 1. The molecular formula is C15H23N3O2S. The minimum atomic E-state index is -0.202. The molecule has 116 valence electrons. The monoisotopic (exact) mass is 309 g/mol. The van der Waals surface area contributed by atoms with Crippen molar-refractivity contribution in [3.63, 3.8) is 0 Å². The number of thiophene rings is 1. The molecule has 1 aromatic rings. The van der Waals surface area contributed by atoms with E-state index < -0.39 is 0 Å². The molecule has 1 aliphatic carbocycles. The van der Waals surface area contributed by atoms with Crippen LogP contribution in [0, 0.1) is 6.92 Å². The molecule has 0 radical (unpaired) electrons. The fourth-order valence-electron chi connectivity index (χ4n) is 3.45. The van der Waals surface area contributed by atoms with E-state index in [2.05, 4.69) is 17.2 Å². The highest BCUT2D eigenvalue weighted by atomic mass is 32.1. The molecule has 1 saturated heterocycles. The van der Waals surface area contributed by atoms with E-state index in [1.807, 2.05) is 6.07 Å². The first-order valence-corrected chi connectivity index (χ1v) is 8.46. The Morgan fingerprint density at radius 3 is 3.14 bits per heavy atom. The van der Waals surface area contributed by atoms with Gasteiger partial charge in [0.05, 0.1) is 17.6 Å². The van der Waals surface area contributed by atoms with E-state index in [9.17, 15) is 4.79 Å². The van der Waals surface area contributed by atoms with Crippen LogP contribution in [0.25, 0.3) is 0 Å². The van der Waals surface area contributed by atoms with Crippen molar-refractivity contribution < 1.29 is 9.53 Å². The smallest absolute Gasteiger partial charge is 0.275 e. The summed E-state index contributed by atoms with van der Waals surface area (Å²) in [5.41, 5.74) is 3.45. The number of nitrogens with zero attached hydrogens (tertiary/aromatic N) is 1. The fourth-order valence-corrected chi connectivity index (χ4v) is 4.39. The van der Waals surface area contributed by atoms with E-state index in [-0.39, 0.29) is 5.91 Å². The second-order valence-corrected chi connectivity index (χ2v) is 7.15. The van der Waals surface area contributed by atoms with Gasteiger partial charge in [-0.3, -0.25) is 15.1 Å². The largest absolute Gasteiger partial charge is 0.375 e. The van der Waals surface area contributed by atoms with Crippen LogP contribution in [0.2, 0.25) is 0 Å². The summed E-state index contributed by atoms with van der Waals surface area (Å²) in [5, 5.41) is 0. The molecule has 21 heavy (non-hydrogen) atoms. The van der Waals surface area contributed by atoms with E-state index in [4.69, 9.17) is 10.6 Å². The van der Waals surface area contributed by atoms with Crippen molar-refractivity contribution in [1.82, 2.24) is 10.3 Å². The maximum absolute atomic E-state index is 11.6. The van der Waals surface area contributed by atoms with Crippen LogP contribution in [-0.4, -0.2) is 36.1 Å². The van der Waals surface area contributed by atoms with Crippen LogP contribution in [-0.2, 0) is 11.3 Å². The standard InChI is InChI=1S/C15H23N3O2S/c1-10-11(8-14(21-10)15(19)17-16)9-18-6-7-20-13-5-3-2-4-12(13)18/h8,12-13H,2-7,9,16H2,1H3,(H,17,19). The quantitative estimate of drug-likeness (QED) is 0.507. The van der Waals surface area contributed by atoms with Gasteiger partial charge in [0.2, 0.25) is 0 Å². The van der Waals surface area contributed by atoms with Crippen molar-refractivity contribution in [1.29, 1.82) is 0 Å².